The summed E-state index contributed by atoms with van der Waals surface area (Å²) in [6.45, 7) is 4.45. The lowest BCUT2D eigenvalue weighted by Gasteiger charge is -2.25. The van der Waals surface area contributed by atoms with Gasteiger partial charge in [0.05, 0.1) is 46.0 Å². The minimum absolute atomic E-state index is 0.0423. The predicted molar refractivity (Wildman–Crippen MR) is 218 cm³/mol. The molecule has 0 aliphatic carbocycles. The Morgan fingerprint density at radius 3 is 1.79 bits per heavy atom. The summed E-state index contributed by atoms with van der Waals surface area (Å²) in [4.78, 5) is 23.0. The maximum absolute atomic E-state index is 12.8. The Kier molecular flexibility index (Phi) is 32.5. The molecule has 0 aromatic heterocycles. The van der Waals surface area contributed by atoms with Crippen LogP contribution in [-0.2, 0) is 18.4 Å². The molecule has 9 nitrogen and oxygen atoms in total. The molecule has 0 saturated heterocycles. The molecular formula is C42H78N2O7P+. The van der Waals surface area contributed by atoms with E-state index >= 15 is 0 Å². The number of aliphatic hydroxyl groups is 2. The van der Waals surface area contributed by atoms with Crippen LogP contribution in [0.25, 0.3) is 0 Å². The van der Waals surface area contributed by atoms with E-state index in [1.807, 2.05) is 34.1 Å². The van der Waals surface area contributed by atoms with E-state index in [0.29, 0.717) is 17.4 Å². The van der Waals surface area contributed by atoms with Gasteiger partial charge in [0, 0.05) is 6.42 Å². The lowest BCUT2D eigenvalue weighted by molar-refractivity contribution is -0.870. The Morgan fingerprint density at radius 1 is 0.712 bits per heavy atom. The summed E-state index contributed by atoms with van der Waals surface area (Å²) in [6.07, 6.45) is 39.5. The predicted octanol–water partition coefficient (Wildman–Crippen LogP) is 9.66. The number of phosphoric acid groups is 1. The molecule has 0 saturated carbocycles. The SMILES string of the molecule is CCCCCCCCCCCC/C=C/[C@@H](O)[C@H](COP(=O)(O)OCC[N+](C)(C)C)NC(=O)CCC/C=C\C/C=C\C/C=C\C/C=C\CC[C@H](O)CC. The van der Waals surface area contributed by atoms with E-state index in [0.717, 1.165) is 64.2 Å². The van der Waals surface area contributed by atoms with Gasteiger partial charge in [-0.15, -0.1) is 0 Å². The summed E-state index contributed by atoms with van der Waals surface area (Å²) in [5, 5.41) is 23.3. The number of hydrogen-bond acceptors (Lipinski definition) is 6. The molecule has 1 amide bonds. The van der Waals surface area contributed by atoms with Crippen LogP contribution < -0.4 is 5.32 Å². The van der Waals surface area contributed by atoms with Gasteiger partial charge in [0.2, 0.25) is 5.91 Å². The first kappa shape index (κ1) is 50.2. The average molecular weight is 754 g/mol. The van der Waals surface area contributed by atoms with Gasteiger partial charge in [0.25, 0.3) is 0 Å². The maximum atomic E-state index is 12.8. The Bertz CT molecular complexity index is 1050. The largest absolute Gasteiger partial charge is 0.472 e. The minimum atomic E-state index is -4.36. The molecule has 0 fully saturated rings. The maximum Gasteiger partial charge on any atom is 0.472 e. The number of nitrogens with one attached hydrogen (secondary N) is 1. The van der Waals surface area contributed by atoms with Gasteiger partial charge in [0.15, 0.2) is 0 Å². The van der Waals surface area contributed by atoms with Crippen LogP contribution in [-0.4, -0.2) is 84.6 Å². The van der Waals surface area contributed by atoms with Gasteiger partial charge in [-0.05, 0) is 64.2 Å². The number of carbonyl (C=O) groups excluding carboxylic acids is 1. The fraction of sp³-hybridized carbons (Fsp3) is 0.738. The van der Waals surface area contributed by atoms with Crippen LogP contribution in [0.1, 0.15) is 142 Å². The van der Waals surface area contributed by atoms with E-state index < -0.39 is 20.0 Å². The lowest BCUT2D eigenvalue weighted by atomic mass is 10.1. The average Bonchev–Trinajstić information content (AvgIpc) is 3.09. The van der Waals surface area contributed by atoms with Gasteiger partial charge >= 0.3 is 7.82 Å². The number of phosphoric ester groups is 1. The summed E-state index contributed by atoms with van der Waals surface area (Å²) in [5.41, 5.74) is 0. The number of aliphatic hydroxyl groups excluding tert-OH is 2. The number of hydrogen-bond donors (Lipinski definition) is 4. The number of allylic oxidation sites excluding steroid dienone is 9. The number of quaternary nitrogens is 1. The molecule has 0 aromatic rings. The first-order valence-electron chi connectivity index (χ1n) is 20.2. The normalized spacial score (nSPS) is 15.8. The molecule has 0 aliphatic rings. The quantitative estimate of drug-likeness (QED) is 0.0220. The second-order valence-corrected chi connectivity index (χ2v) is 16.3. The molecule has 0 rings (SSSR count). The second kappa shape index (κ2) is 33.7. The van der Waals surface area contributed by atoms with Crippen molar-refractivity contribution >= 4 is 13.7 Å². The van der Waals surface area contributed by atoms with E-state index in [1.54, 1.807) is 6.08 Å². The Labute approximate surface area is 318 Å². The fourth-order valence-corrected chi connectivity index (χ4v) is 5.92. The van der Waals surface area contributed by atoms with E-state index in [2.05, 4.69) is 60.8 Å². The van der Waals surface area contributed by atoms with Crippen LogP contribution in [0.4, 0.5) is 0 Å². The molecule has 4 atom stereocenters. The third kappa shape index (κ3) is 35.2. The van der Waals surface area contributed by atoms with Crippen LogP contribution in [0.2, 0.25) is 0 Å². The molecule has 0 radical (unpaired) electrons. The highest BCUT2D eigenvalue weighted by atomic mass is 31.2. The highest BCUT2D eigenvalue weighted by molar-refractivity contribution is 7.47. The number of nitrogens with zero attached hydrogens (tertiary/aromatic N) is 1. The number of amides is 1. The van der Waals surface area contributed by atoms with Crippen LogP contribution >= 0.6 is 7.82 Å². The van der Waals surface area contributed by atoms with Crippen molar-refractivity contribution in [1.29, 1.82) is 0 Å². The number of rotatable bonds is 35. The molecule has 0 aromatic carbocycles. The Hall–Kier alpha value is -1.84. The third-order valence-corrected chi connectivity index (χ3v) is 9.63. The highest BCUT2D eigenvalue weighted by Crippen LogP contribution is 2.43. The van der Waals surface area contributed by atoms with E-state index in [9.17, 15) is 24.5 Å². The van der Waals surface area contributed by atoms with Gasteiger partial charge in [-0.2, -0.15) is 0 Å². The smallest absolute Gasteiger partial charge is 0.393 e. The fourth-order valence-electron chi connectivity index (χ4n) is 5.19. The molecule has 4 N–H and O–H groups in total. The molecule has 1 unspecified atom stereocenters. The van der Waals surface area contributed by atoms with Crippen LogP contribution in [0.15, 0.2) is 60.8 Å². The van der Waals surface area contributed by atoms with Crippen molar-refractivity contribution in [3.8, 4) is 0 Å². The van der Waals surface area contributed by atoms with Crippen molar-refractivity contribution in [1.82, 2.24) is 5.32 Å². The molecule has 0 aliphatic heterocycles. The molecule has 0 bridgehead atoms. The lowest BCUT2D eigenvalue weighted by Crippen LogP contribution is -2.45. The Balaban J connectivity index is 4.62. The van der Waals surface area contributed by atoms with E-state index in [-0.39, 0.29) is 31.6 Å². The molecule has 52 heavy (non-hydrogen) atoms. The third-order valence-electron chi connectivity index (χ3n) is 8.65. The van der Waals surface area contributed by atoms with Gasteiger partial charge in [-0.3, -0.25) is 13.8 Å². The molecule has 10 heteroatoms. The molecule has 302 valence electrons. The van der Waals surface area contributed by atoms with Crippen molar-refractivity contribution in [2.45, 2.75) is 161 Å². The van der Waals surface area contributed by atoms with Crippen LogP contribution in [0.3, 0.4) is 0 Å². The van der Waals surface area contributed by atoms with Crippen molar-refractivity contribution in [2.75, 3.05) is 40.9 Å². The number of likely N-dealkylation sites (N-methyl/N-ethyl adjacent to an activating group) is 1. The second-order valence-electron chi connectivity index (χ2n) is 14.8. The van der Waals surface area contributed by atoms with Gasteiger partial charge in [-0.1, -0.05) is 132 Å². The van der Waals surface area contributed by atoms with Gasteiger partial charge in [0.1, 0.15) is 13.2 Å². The van der Waals surface area contributed by atoms with Gasteiger partial charge < -0.3 is 24.9 Å². The minimum Gasteiger partial charge on any atom is -0.393 e. The summed E-state index contributed by atoms with van der Waals surface area (Å²) in [7, 11) is 1.50. The zero-order chi connectivity index (χ0) is 38.8. The summed E-state index contributed by atoms with van der Waals surface area (Å²) < 4.78 is 23.4. The van der Waals surface area contributed by atoms with Crippen LogP contribution in [0, 0.1) is 0 Å². The van der Waals surface area contributed by atoms with Crippen molar-refractivity contribution < 1.29 is 38.0 Å². The first-order valence-corrected chi connectivity index (χ1v) is 21.7. The molecule has 0 heterocycles. The zero-order valence-electron chi connectivity index (χ0n) is 33.6. The van der Waals surface area contributed by atoms with Crippen molar-refractivity contribution in [3.05, 3.63) is 60.8 Å². The standard InChI is InChI=1S/C42H77N2O7P/c1-6-8-9-10-11-12-13-19-22-25-28-31-34-41(46)40(38-51-52(48,49)50-37-36-44(3,4)5)43-42(47)35-32-29-26-23-20-17-15-14-16-18-21-24-27-30-33-39(45)7-2/h15-18,23-24,26-27,31,34,39-41,45-46H,6-14,19-22,25,28-30,32-33,35-38H2,1-5H3,(H-,43,47,48,49)/p+1/b17-15-,18-16-,26-23-,27-24-,34-31+/t39-,40+,41-/m1/s1. The monoisotopic (exact) mass is 754 g/mol. The van der Waals surface area contributed by atoms with Crippen LogP contribution in [0.5, 0.6) is 0 Å². The summed E-state index contributed by atoms with van der Waals surface area (Å²) >= 11 is 0. The topological polar surface area (TPSA) is 125 Å². The van der Waals surface area contributed by atoms with Crippen molar-refractivity contribution in [3.63, 3.8) is 0 Å². The van der Waals surface area contributed by atoms with Crippen molar-refractivity contribution in [2.24, 2.45) is 0 Å². The van der Waals surface area contributed by atoms with Gasteiger partial charge in [-0.25, -0.2) is 4.57 Å². The Morgan fingerprint density at radius 2 is 1.23 bits per heavy atom. The summed E-state index contributed by atoms with van der Waals surface area (Å²) in [6, 6.07) is -0.885. The number of carbonyl (C=O) groups is 1. The first-order chi connectivity index (χ1) is 24.9. The number of unbranched alkanes of at least 4 members (excludes halogenated alkanes) is 11. The van der Waals surface area contributed by atoms with E-state index in [1.165, 1.54) is 51.4 Å². The van der Waals surface area contributed by atoms with E-state index in [4.69, 9.17) is 9.05 Å². The molecular weight excluding hydrogens is 675 g/mol. The zero-order valence-corrected chi connectivity index (χ0v) is 34.5. The highest BCUT2D eigenvalue weighted by Gasteiger charge is 2.27. The summed E-state index contributed by atoms with van der Waals surface area (Å²) in [5.74, 6) is -0.247. The molecule has 0 spiro atoms.